The summed E-state index contributed by atoms with van der Waals surface area (Å²) in [6.45, 7) is 7.42. The average Bonchev–Trinajstić information content (AvgIpc) is 2.45. The monoisotopic (exact) mass is 278 g/mol. The van der Waals surface area contributed by atoms with Gasteiger partial charge in [0.2, 0.25) is 0 Å². The maximum absolute atomic E-state index is 4.95. The Morgan fingerprint density at radius 1 is 1.24 bits per heavy atom. The summed E-state index contributed by atoms with van der Waals surface area (Å²) in [7, 11) is 0. The van der Waals surface area contributed by atoms with Crippen molar-refractivity contribution in [3.63, 3.8) is 0 Å². The molecular weight excluding hydrogens is 256 g/mol. The molecule has 108 valence electrons. The van der Waals surface area contributed by atoms with Crippen LogP contribution in [0.15, 0.2) is 64.1 Å². The molecule has 21 heavy (non-hydrogen) atoms. The van der Waals surface area contributed by atoms with E-state index in [-0.39, 0.29) is 5.54 Å². The van der Waals surface area contributed by atoms with Crippen molar-refractivity contribution in [3.05, 3.63) is 59.7 Å². The molecule has 1 atom stereocenters. The zero-order valence-electron chi connectivity index (χ0n) is 13.0. The van der Waals surface area contributed by atoms with Crippen molar-refractivity contribution in [2.45, 2.75) is 39.3 Å². The van der Waals surface area contributed by atoms with E-state index in [1.54, 1.807) is 0 Å². The Morgan fingerprint density at radius 2 is 2.00 bits per heavy atom. The van der Waals surface area contributed by atoms with Crippen molar-refractivity contribution >= 4 is 11.4 Å². The predicted molar refractivity (Wildman–Crippen MR) is 90.1 cm³/mol. The molecule has 1 aliphatic heterocycles. The lowest BCUT2D eigenvalue weighted by atomic mass is 9.79. The maximum Gasteiger partial charge on any atom is 0.0867 e. The molecule has 1 aromatic rings. The first-order valence-corrected chi connectivity index (χ1v) is 7.62. The van der Waals surface area contributed by atoms with E-state index in [0.717, 1.165) is 17.8 Å². The molecular formula is C19H22N2. The van der Waals surface area contributed by atoms with E-state index in [0.29, 0.717) is 12.5 Å². The quantitative estimate of drug-likeness (QED) is 0.717. The van der Waals surface area contributed by atoms with E-state index < -0.39 is 0 Å². The van der Waals surface area contributed by atoms with Crippen LogP contribution in [0, 0.1) is 5.92 Å². The van der Waals surface area contributed by atoms with Crippen LogP contribution in [-0.2, 0) is 6.54 Å². The summed E-state index contributed by atoms with van der Waals surface area (Å²) in [6.07, 6.45) is 7.48. The number of nitrogens with zero attached hydrogens (tertiary/aromatic N) is 2. The predicted octanol–water partition coefficient (Wildman–Crippen LogP) is 4.38. The highest BCUT2D eigenvalue weighted by Crippen LogP contribution is 2.34. The zero-order chi connectivity index (χ0) is 14.9. The highest BCUT2D eigenvalue weighted by atomic mass is 14.9. The van der Waals surface area contributed by atoms with Gasteiger partial charge in [0.15, 0.2) is 0 Å². The summed E-state index contributed by atoms with van der Waals surface area (Å²) in [5, 5.41) is 0. The first-order chi connectivity index (χ1) is 10.1. The van der Waals surface area contributed by atoms with Crippen LogP contribution >= 0.6 is 0 Å². The number of benzene rings is 1. The molecule has 0 radical (unpaired) electrons. The second-order valence-corrected chi connectivity index (χ2v) is 6.55. The third-order valence-electron chi connectivity index (χ3n) is 4.07. The minimum absolute atomic E-state index is 0.00475. The zero-order valence-corrected chi connectivity index (χ0v) is 13.0. The number of aliphatic imine (C=N–C) groups is 2. The van der Waals surface area contributed by atoms with Crippen LogP contribution in [-0.4, -0.2) is 17.0 Å². The van der Waals surface area contributed by atoms with Crippen molar-refractivity contribution in [2.75, 3.05) is 0 Å². The van der Waals surface area contributed by atoms with Gasteiger partial charge in [-0.3, -0.25) is 9.98 Å². The normalized spacial score (nSPS) is 25.3. The van der Waals surface area contributed by atoms with E-state index in [4.69, 9.17) is 9.98 Å². The SMILES string of the molecule is CC1CC(C)(C)N=C2C1=CC=CC2=NCc1ccccc1. The molecule has 0 bridgehead atoms. The van der Waals surface area contributed by atoms with E-state index in [2.05, 4.69) is 63.3 Å². The van der Waals surface area contributed by atoms with E-state index in [1.165, 1.54) is 11.1 Å². The largest absolute Gasteiger partial charge is 0.278 e. The Bertz CT molecular complexity index is 645. The Kier molecular flexibility index (Phi) is 3.62. The molecule has 2 nitrogen and oxygen atoms in total. The molecule has 0 spiro atoms. The van der Waals surface area contributed by atoms with Crippen LogP contribution in [0.3, 0.4) is 0 Å². The molecule has 0 N–H and O–H groups in total. The van der Waals surface area contributed by atoms with Crippen molar-refractivity contribution in [2.24, 2.45) is 15.9 Å². The first-order valence-electron chi connectivity index (χ1n) is 7.62. The van der Waals surface area contributed by atoms with Crippen LogP contribution in [0.25, 0.3) is 0 Å². The van der Waals surface area contributed by atoms with Gasteiger partial charge in [-0.15, -0.1) is 0 Å². The van der Waals surface area contributed by atoms with Gasteiger partial charge in [0.25, 0.3) is 0 Å². The first kappa shape index (κ1) is 14.0. The van der Waals surface area contributed by atoms with Crippen LogP contribution < -0.4 is 0 Å². The number of fused-ring (bicyclic) bond motifs is 1. The molecule has 3 rings (SSSR count). The molecule has 0 saturated heterocycles. The number of hydrogen-bond donors (Lipinski definition) is 0. The summed E-state index contributed by atoms with van der Waals surface area (Å²) < 4.78 is 0. The van der Waals surface area contributed by atoms with Crippen LogP contribution in [0.1, 0.15) is 32.8 Å². The molecule has 2 heteroatoms. The summed E-state index contributed by atoms with van der Waals surface area (Å²) >= 11 is 0. The van der Waals surface area contributed by atoms with Crippen molar-refractivity contribution in [1.82, 2.24) is 0 Å². The topological polar surface area (TPSA) is 24.7 Å². The Morgan fingerprint density at radius 3 is 2.76 bits per heavy atom. The second kappa shape index (κ2) is 5.44. The van der Waals surface area contributed by atoms with Gasteiger partial charge in [-0.2, -0.15) is 0 Å². The third-order valence-corrected chi connectivity index (χ3v) is 4.07. The maximum atomic E-state index is 4.95. The third kappa shape index (κ3) is 3.05. The molecule has 0 saturated carbocycles. The Hall–Kier alpha value is -1.96. The minimum Gasteiger partial charge on any atom is -0.278 e. The van der Waals surface area contributed by atoms with Gasteiger partial charge in [0, 0.05) is 0 Å². The van der Waals surface area contributed by atoms with Gasteiger partial charge in [-0.25, -0.2) is 0 Å². The fourth-order valence-corrected chi connectivity index (χ4v) is 3.16. The molecule has 0 aromatic heterocycles. The lowest BCUT2D eigenvalue weighted by Crippen LogP contribution is -2.35. The van der Waals surface area contributed by atoms with Gasteiger partial charge in [-0.05, 0) is 43.4 Å². The van der Waals surface area contributed by atoms with Crippen molar-refractivity contribution in [3.8, 4) is 0 Å². The summed E-state index contributed by atoms with van der Waals surface area (Å²) in [5.74, 6) is 0.541. The van der Waals surface area contributed by atoms with E-state index in [1.807, 2.05) is 6.07 Å². The van der Waals surface area contributed by atoms with Crippen LogP contribution in [0.5, 0.6) is 0 Å². The molecule has 1 unspecified atom stereocenters. The highest BCUT2D eigenvalue weighted by molar-refractivity contribution is 6.53. The Labute approximate surface area is 127 Å². The molecule has 1 aliphatic carbocycles. The number of allylic oxidation sites excluding steroid dienone is 4. The standard InChI is InChI=1S/C19H22N2/c1-14-12-19(2,3)21-18-16(14)10-7-11-17(18)20-13-15-8-5-4-6-9-15/h4-11,14H,12-13H2,1-3H3. The molecule has 0 fully saturated rings. The fourth-order valence-electron chi connectivity index (χ4n) is 3.16. The number of hydrogen-bond acceptors (Lipinski definition) is 2. The van der Waals surface area contributed by atoms with Crippen molar-refractivity contribution in [1.29, 1.82) is 0 Å². The molecule has 1 heterocycles. The van der Waals surface area contributed by atoms with Gasteiger partial charge in [-0.1, -0.05) is 49.4 Å². The van der Waals surface area contributed by atoms with Gasteiger partial charge < -0.3 is 0 Å². The summed E-state index contributed by atoms with van der Waals surface area (Å²) in [5.41, 5.74) is 4.69. The lowest BCUT2D eigenvalue weighted by Gasteiger charge is -2.34. The average molecular weight is 278 g/mol. The fraction of sp³-hybridized carbons (Fsp3) is 0.368. The summed E-state index contributed by atoms with van der Waals surface area (Å²) in [6, 6.07) is 10.4. The van der Waals surface area contributed by atoms with Crippen molar-refractivity contribution < 1.29 is 0 Å². The molecule has 2 aliphatic rings. The van der Waals surface area contributed by atoms with Crippen LogP contribution in [0.4, 0.5) is 0 Å². The lowest BCUT2D eigenvalue weighted by molar-refractivity contribution is 0.407. The number of rotatable bonds is 2. The van der Waals surface area contributed by atoms with Gasteiger partial charge in [0.05, 0.1) is 23.5 Å². The Balaban J connectivity index is 1.91. The smallest absolute Gasteiger partial charge is 0.0867 e. The summed E-state index contributed by atoms with van der Waals surface area (Å²) in [4.78, 5) is 9.74. The highest BCUT2D eigenvalue weighted by Gasteiger charge is 2.32. The van der Waals surface area contributed by atoms with Gasteiger partial charge in [0.1, 0.15) is 0 Å². The molecule has 1 aromatic carbocycles. The minimum atomic E-state index is 0.00475. The van der Waals surface area contributed by atoms with E-state index in [9.17, 15) is 0 Å². The second-order valence-electron chi connectivity index (χ2n) is 6.55. The molecule has 0 amide bonds. The van der Waals surface area contributed by atoms with Gasteiger partial charge >= 0.3 is 0 Å². The van der Waals surface area contributed by atoms with E-state index >= 15 is 0 Å². The van der Waals surface area contributed by atoms with Crippen LogP contribution in [0.2, 0.25) is 0 Å².